The number of hydrogen-bond donors (Lipinski definition) is 2. The van der Waals surface area contributed by atoms with Crippen molar-refractivity contribution in [1.29, 1.82) is 0 Å². The second-order valence-corrected chi connectivity index (χ2v) is 4.00. The number of nitrogens with one attached hydrogen (secondary N) is 2. The molecule has 0 atom stereocenters. The zero-order valence-corrected chi connectivity index (χ0v) is 10.1. The summed E-state index contributed by atoms with van der Waals surface area (Å²) in [5.41, 5.74) is 1.63. The predicted molar refractivity (Wildman–Crippen MR) is 64.8 cm³/mol. The maximum atomic E-state index is 11.3. The zero-order chi connectivity index (χ0) is 11.5. The van der Waals surface area contributed by atoms with E-state index in [4.69, 9.17) is 0 Å². The van der Waals surface area contributed by atoms with E-state index in [1.807, 2.05) is 13.0 Å². The first-order valence-corrected chi connectivity index (χ1v) is 5.38. The van der Waals surface area contributed by atoms with Crippen LogP contribution in [0.3, 0.4) is 0 Å². The van der Waals surface area contributed by atoms with E-state index in [1.165, 1.54) is 6.33 Å². The SMILES string of the molecule is Cc1ccncc1Nc1nc[nH]c(=O)c1Br. The molecule has 0 aliphatic rings. The molecule has 0 fully saturated rings. The van der Waals surface area contributed by atoms with Crippen molar-refractivity contribution >= 4 is 27.4 Å². The number of aromatic nitrogens is 3. The summed E-state index contributed by atoms with van der Waals surface area (Å²) >= 11 is 3.17. The Morgan fingerprint density at radius 2 is 2.31 bits per heavy atom. The van der Waals surface area contributed by atoms with E-state index in [9.17, 15) is 4.79 Å². The van der Waals surface area contributed by atoms with Gasteiger partial charge in [0.15, 0.2) is 5.82 Å². The largest absolute Gasteiger partial charge is 0.338 e. The Hall–Kier alpha value is -1.69. The molecule has 0 spiro atoms. The molecule has 16 heavy (non-hydrogen) atoms. The molecule has 2 rings (SSSR count). The smallest absolute Gasteiger partial charge is 0.267 e. The van der Waals surface area contributed by atoms with Crippen LogP contribution in [0.5, 0.6) is 0 Å². The molecule has 0 radical (unpaired) electrons. The first-order chi connectivity index (χ1) is 7.68. The number of hydrogen-bond acceptors (Lipinski definition) is 4. The van der Waals surface area contributed by atoms with E-state index >= 15 is 0 Å². The highest BCUT2D eigenvalue weighted by atomic mass is 79.9. The summed E-state index contributed by atoms with van der Waals surface area (Å²) in [5, 5.41) is 3.04. The van der Waals surface area contributed by atoms with Crippen LogP contribution >= 0.6 is 15.9 Å². The molecule has 0 aliphatic heterocycles. The van der Waals surface area contributed by atoms with E-state index in [-0.39, 0.29) is 5.56 Å². The van der Waals surface area contributed by atoms with Crippen molar-refractivity contribution in [3.8, 4) is 0 Å². The Balaban J connectivity index is 2.38. The molecule has 0 aliphatic carbocycles. The highest BCUT2D eigenvalue weighted by molar-refractivity contribution is 9.10. The van der Waals surface area contributed by atoms with Crippen LogP contribution in [0.25, 0.3) is 0 Å². The van der Waals surface area contributed by atoms with E-state index in [1.54, 1.807) is 12.4 Å². The molecule has 2 heterocycles. The molecule has 0 aromatic carbocycles. The molecule has 5 nitrogen and oxygen atoms in total. The monoisotopic (exact) mass is 280 g/mol. The molecule has 0 unspecified atom stereocenters. The van der Waals surface area contributed by atoms with Crippen LogP contribution in [0.15, 0.2) is 34.1 Å². The van der Waals surface area contributed by atoms with Gasteiger partial charge in [-0.1, -0.05) is 0 Å². The van der Waals surface area contributed by atoms with Crippen molar-refractivity contribution in [2.24, 2.45) is 0 Å². The summed E-state index contributed by atoms with van der Waals surface area (Å²) in [4.78, 5) is 21.8. The Kier molecular flexibility index (Phi) is 3.00. The molecule has 0 amide bonds. The normalized spacial score (nSPS) is 10.1. The molecule has 82 valence electrons. The van der Waals surface area contributed by atoms with E-state index in [2.05, 4.69) is 36.2 Å². The summed E-state index contributed by atoms with van der Waals surface area (Å²) in [5.74, 6) is 0.472. The van der Waals surface area contributed by atoms with Gasteiger partial charge < -0.3 is 10.3 Å². The van der Waals surface area contributed by atoms with Crippen LogP contribution in [-0.4, -0.2) is 15.0 Å². The van der Waals surface area contributed by atoms with Crippen molar-refractivity contribution in [1.82, 2.24) is 15.0 Å². The van der Waals surface area contributed by atoms with Crippen LogP contribution < -0.4 is 10.9 Å². The Bertz CT molecular complexity index is 567. The second-order valence-electron chi connectivity index (χ2n) is 3.21. The van der Waals surface area contributed by atoms with Gasteiger partial charge in [0, 0.05) is 6.20 Å². The number of aromatic amines is 1. The minimum Gasteiger partial charge on any atom is -0.338 e. The fourth-order valence-electron chi connectivity index (χ4n) is 1.19. The van der Waals surface area contributed by atoms with Gasteiger partial charge in [0.1, 0.15) is 4.47 Å². The van der Waals surface area contributed by atoms with Gasteiger partial charge in [0.25, 0.3) is 5.56 Å². The molecule has 2 aromatic rings. The fraction of sp³-hybridized carbons (Fsp3) is 0.100. The summed E-state index contributed by atoms with van der Waals surface area (Å²) in [6, 6.07) is 1.88. The number of halogens is 1. The van der Waals surface area contributed by atoms with Gasteiger partial charge in [-0.05, 0) is 34.5 Å². The third kappa shape index (κ3) is 2.11. The van der Waals surface area contributed by atoms with Crippen LogP contribution in [0, 0.1) is 6.92 Å². The molecule has 2 aromatic heterocycles. The minimum atomic E-state index is -0.223. The van der Waals surface area contributed by atoms with Gasteiger partial charge in [0.2, 0.25) is 0 Å². The Labute approximate surface area is 100 Å². The van der Waals surface area contributed by atoms with E-state index < -0.39 is 0 Å². The second kappa shape index (κ2) is 4.44. The molecule has 0 saturated heterocycles. The molecular formula is C10H9BrN4O. The third-order valence-corrected chi connectivity index (χ3v) is 2.82. The fourth-order valence-corrected chi connectivity index (χ4v) is 1.51. The zero-order valence-electron chi connectivity index (χ0n) is 8.49. The third-order valence-electron chi connectivity index (χ3n) is 2.09. The van der Waals surface area contributed by atoms with Crippen molar-refractivity contribution < 1.29 is 0 Å². The van der Waals surface area contributed by atoms with Crippen molar-refractivity contribution in [2.75, 3.05) is 5.32 Å². The number of pyridine rings is 1. The average molecular weight is 281 g/mol. The number of aryl methyl sites for hydroxylation is 1. The first kappa shape index (κ1) is 10.8. The molecule has 0 bridgehead atoms. The van der Waals surface area contributed by atoms with Gasteiger partial charge in [-0.25, -0.2) is 4.98 Å². The highest BCUT2D eigenvalue weighted by Gasteiger charge is 2.06. The molecular weight excluding hydrogens is 272 g/mol. The number of rotatable bonds is 2. The van der Waals surface area contributed by atoms with Crippen molar-refractivity contribution in [2.45, 2.75) is 6.92 Å². The molecule has 6 heteroatoms. The summed E-state index contributed by atoms with van der Waals surface area (Å²) in [7, 11) is 0. The maximum absolute atomic E-state index is 11.3. The van der Waals surface area contributed by atoms with E-state index in [0.29, 0.717) is 10.3 Å². The summed E-state index contributed by atoms with van der Waals surface area (Å²) in [6.07, 6.45) is 4.74. The van der Waals surface area contributed by atoms with Gasteiger partial charge in [-0.3, -0.25) is 9.78 Å². The van der Waals surface area contributed by atoms with Crippen molar-refractivity contribution in [3.05, 3.63) is 45.2 Å². The van der Waals surface area contributed by atoms with Gasteiger partial charge in [0.05, 0.1) is 18.2 Å². The average Bonchev–Trinajstić information content (AvgIpc) is 2.28. The number of nitrogens with zero attached hydrogens (tertiary/aromatic N) is 2. The van der Waals surface area contributed by atoms with Crippen LogP contribution in [0.2, 0.25) is 0 Å². The standard InChI is InChI=1S/C10H9BrN4O/c1-6-2-3-12-4-7(6)15-9-8(11)10(16)14-5-13-9/h2-5H,1H3,(H2,13,14,15,16). The van der Waals surface area contributed by atoms with Crippen LogP contribution in [0.1, 0.15) is 5.56 Å². The summed E-state index contributed by atoms with van der Waals surface area (Å²) < 4.78 is 0.373. The van der Waals surface area contributed by atoms with Gasteiger partial charge in [-0.15, -0.1) is 0 Å². The van der Waals surface area contributed by atoms with Crippen LogP contribution in [0.4, 0.5) is 11.5 Å². The predicted octanol–water partition coefficient (Wildman–Crippen LogP) is 1.98. The maximum Gasteiger partial charge on any atom is 0.267 e. The minimum absolute atomic E-state index is 0.223. The number of H-pyrrole nitrogens is 1. The molecule has 2 N–H and O–H groups in total. The lowest BCUT2D eigenvalue weighted by Gasteiger charge is -2.08. The quantitative estimate of drug-likeness (QED) is 0.883. The molecule has 0 saturated carbocycles. The van der Waals surface area contributed by atoms with Crippen molar-refractivity contribution in [3.63, 3.8) is 0 Å². The Morgan fingerprint density at radius 3 is 3.06 bits per heavy atom. The van der Waals surface area contributed by atoms with Crippen LogP contribution in [-0.2, 0) is 0 Å². The Morgan fingerprint density at radius 1 is 1.50 bits per heavy atom. The van der Waals surface area contributed by atoms with E-state index in [0.717, 1.165) is 11.3 Å². The first-order valence-electron chi connectivity index (χ1n) is 4.59. The van der Waals surface area contributed by atoms with Gasteiger partial charge in [-0.2, -0.15) is 0 Å². The lowest BCUT2D eigenvalue weighted by atomic mass is 10.2. The lowest BCUT2D eigenvalue weighted by molar-refractivity contribution is 1.10. The highest BCUT2D eigenvalue weighted by Crippen LogP contribution is 2.21. The lowest BCUT2D eigenvalue weighted by Crippen LogP contribution is -2.10. The summed E-state index contributed by atoms with van der Waals surface area (Å²) in [6.45, 7) is 1.95. The van der Waals surface area contributed by atoms with Gasteiger partial charge >= 0.3 is 0 Å². The number of anilines is 2. The topological polar surface area (TPSA) is 70.7 Å².